The lowest BCUT2D eigenvalue weighted by Gasteiger charge is -2.43. The molecule has 0 bridgehead atoms. The molecule has 3 unspecified atom stereocenters. The number of benzene rings is 1. The van der Waals surface area contributed by atoms with Crippen LogP contribution in [-0.2, 0) is 9.47 Å². The zero-order valence-electron chi connectivity index (χ0n) is 10.5. The maximum Gasteiger partial charge on any atom is 0.160 e. The molecule has 1 N–H and O–H groups in total. The molecule has 1 fully saturated rings. The molecule has 1 aromatic carbocycles. The third kappa shape index (κ3) is 2.62. The van der Waals surface area contributed by atoms with E-state index in [0.29, 0.717) is 12.3 Å². The fourth-order valence-corrected chi connectivity index (χ4v) is 2.22. The van der Waals surface area contributed by atoms with E-state index in [4.69, 9.17) is 9.47 Å². The fraction of sp³-hybridized carbons (Fsp3) is 0.538. The molecule has 0 aromatic heterocycles. The largest absolute Gasteiger partial charge is 0.379 e. The SMILES string of the molecule is CCOC1CC(Nc2ccc(F)c(F)c2)C1OC. The van der Waals surface area contributed by atoms with E-state index in [2.05, 4.69) is 5.32 Å². The summed E-state index contributed by atoms with van der Waals surface area (Å²) in [5.41, 5.74) is 0.552. The van der Waals surface area contributed by atoms with Crippen molar-refractivity contribution in [1.29, 1.82) is 0 Å². The van der Waals surface area contributed by atoms with E-state index in [1.807, 2.05) is 6.92 Å². The second-order valence-electron chi connectivity index (χ2n) is 4.31. The smallest absolute Gasteiger partial charge is 0.160 e. The molecule has 1 aromatic rings. The van der Waals surface area contributed by atoms with Crippen LogP contribution in [0.25, 0.3) is 0 Å². The molecule has 0 amide bonds. The molecule has 1 saturated carbocycles. The van der Waals surface area contributed by atoms with E-state index >= 15 is 0 Å². The highest BCUT2D eigenvalue weighted by Crippen LogP contribution is 2.30. The van der Waals surface area contributed by atoms with Gasteiger partial charge in [0.2, 0.25) is 0 Å². The minimum absolute atomic E-state index is 0.0573. The molecule has 0 heterocycles. The van der Waals surface area contributed by atoms with E-state index < -0.39 is 11.6 Å². The Balaban J connectivity index is 1.96. The lowest BCUT2D eigenvalue weighted by molar-refractivity contribution is -0.118. The van der Waals surface area contributed by atoms with Crippen molar-refractivity contribution in [3.05, 3.63) is 29.8 Å². The average Bonchev–Trinajstić information content (AvgIpc) is 2.32. The Kier molecular flexibility index (Phi) is 4.14. The first-order chi connectivity index (χ1) is 8.65. The molecule has 18 heavy (non-hydrogen) atoms. The van der Waals surface area contributed by atoms with Crippen molar-refractivity contribution in [2.45, 2.75) is 31.6 Å². The van der Waals surface area contributed by atoms with Gasteiger partial charge in [-0.3, -0.25) is 0 Å². The van der Waals surface area contributed by atoms with E-state index in [1.54, 1.807) is 7.11 Å². The predicted molar refractivity (Wildman–Crippen MR) is 64.6 cm³/mol. The number of ether oxygens (including phenoxy) is 2. The van der Waals surface area contributed by atoms with Crippen molar-refractivity contribution in [2.24, 2.45) is 0 Å². The highest BCUT2D eigenvalue weighted by Gasteiger charge is 2.42. The lowest BCUT2D eigenvalue weighted by Crippen LogP contribution is -2.56. The average molecular weight is 257 g/mol. The minimum Gasteiger partial charge on any atom is -0.379 e. The van der Waals surface area contributed by atoms with Crippen LogP contribution in [0, 0.1) is 11.6 Å². The molecule has 3 nitrogen and oxygen atoms in total. The quantitative estimate of drug-likeness (QED) is 0.879. The topological polar surface area (TPSA) is 30.5 Å². The summed E-state index contributed by atoms with van der Waals surface area (Å²) in [6.07, 6.45) is 0.812. The standard InChI is InChI=1S/C13H17F2NO2/c1-3-18-12-7-11(13(12)17-2)16-8-4-5-9(14)10(15)6-8/h4-6,11-13,16H,3,7H2,1-2H3. The molecule has 2 rings (SSSR count). The highest BCUT2D eigenvalue weighted by molar-refractivity contribution is 5.45. The van der Waals surface area contributed by atoms with E-state index in [0.717, 1.165) is 18.6 Å². The van der Waals surface area contributed by atoms with Crippen LogP contribution in [0.5, 0.6) is 0 Å². The normalized spacial score (nSPS) is 26.8. The third-order valence-electron chi connectivity index (χ3n) is 3.17. The summed E-state index contributed by atoms with van der Waals surface area (Å²) in [6, 6.07) is 3.84. The van der Waals surface area contributed by atoms with Crippen molar-refractivity contribution in [1.82, 2.24) is 0 Å². The first kappa shape index (κ1) is 13.2. The molecule has 100 valence electrons. The number of hydrogen-bond acceptors (Lipinski definition) is 3. The molecule has 0 radical (unpaired) electrons. The van der Waals surface area contributed by atoms with Crippen LogP contribution in [0.3, 0.4) is 0 Å². The Morgan fingerprint density at radius 1 is 1.33 bits per heavy atom. The summed E-state index contributed by atoms with van der Waals surface area (Å²) in [4.78, 5) is 0. The van der Waals surface area contributed by atoms with Crippen LogP contribution in [-0.4, -0.2) is 32.0 Å². The van der Waals surface area contributed by atoms with Crippen molar-refractivity contribution >= 4 is 5.69 Å². The molecular weight excluding hydrogens is 240 g/mol. The maximum absolute atomic E-state index is 13.1. The van der Waals surface area contributed by atoms with Gasteiger partial charge in [-0.05, 0) is 25.5 Å². The second kappa shape index (κ2) is 5.63. The Bertz CT molecular complexity index is 414. The molecule has 1 aliphatic carbocycles. The first-order valence-corrected chi connectivity index (χ1v) is 6.01. The van der Waals surface area contributed by atoms with Crippen molar-refractivity contribution in [3.8, 4) is 0 Å². The molecule has 0 aliphatic heterocycles. The number of anilines is 1. The molecule has 3 atom stereocenters. The number of methoxy groups -OCH3 is 1. The Morgan fingerprint density at radius 3 is 2.72 bits per heavy atom. The first-order valence-electron chi connectivity index (χ1n) is 6.01. The molecule has 5 heteroatoms. The summed E-state index contributed by atoms with van der Waals surface area (Å²) >= 11 is 0. The van der Waals surface area contributed by atoms with Gasteiger partial charge in [0.1, 0.15) is 6.10 Å². The lowest BCUT2D eigenvalue weighted by atomic mass is 9.85. The number of rotatable bonds is 5. The van der Waals surface area contributed by atoms with Gasteiger partial charge in [0.25, 0.3) is 0 Å². The highest BCUT2D eigenvalue weighted by atomic mass is 19.2. The summed E-state index contributed by atoms with van der Waals surface area (Å²) in [5.74, 6) is -1.70. The van der Waals surface area contributed by atoms with E-state index in [-0.39, 0.29) is 18.2 Å². The number of nitrogens with one attached hydrogen (secondary N) is 1. The minimum atomic E-state index is -0.852. The van der Waals surface area contributed by atoms with Crippen LogP contribution in [0.2, 0.25) is 0 Å². The molecule has 0 saturated heterocycles. The van der Waals surface area contributed by atoms with Crippen LogP contribution in [0.15, 0.2) is 18.2 Å². The van der Waals surface area contributed by atoms with Crippen LogP contribution in [0.4, 0.5) is 14.5 Å². The van der Waals surface area contributed by atoms with Gasteiger partial charge in [-0.2, -0.15) is 0 Å². The predicted octanol–water partition coefficient (Wildman–Crippen LogP) is 2.57. The zero-order chi connectivity index (χ0) is 13.1. The van der Waals surface area contributed by atoms with Gasteiger partial charge in [0, 0.05) is 25.5 Å². The van der Waals surface area contributed by atoms with E-state index in [9.17, 15) is 8.78 Å². The number of hydrogen-bond donors (Lipinski definition) is 1. The van der Waals surface area contributed by atoms with Gasteiger partial charge in [-0.1, -0.05) is 0 Å². The van der Waals surface area contributed by atoms with Crippen LogP contribution >= 0.6 is 0 Å². The fourth-order valence-electron chi connectivity index (χ4n) is 2.22. The van der Waals surface area contributed by atoms with Crippen molar-refractivity contribution in [3.63, 3.8) is 0 Å². The van der Waals surface area contributed by atoms with Gasteiger partial charge in [-0.15, -0.1) is 0 Å². The van der Waals surface area contributed by atoms with Gasteiger partial charge in [0.15, 0.2) is 11.6 Å². The Morgan fingerprint density at radius 2 is 2.11 bits per heavy atom. The van der Waals surface area contributed by atoms with Gasteiger partial charge in [-0.25, -0.2) is 8.78 Å². The van der Waals surface area contributed by atoms with Crippen molar-refractivity contribution < 1.29 is 18.3 Å². The van der Waals surface area contributed by atoms with Crippen LogP contribution < -0.4 is 5.32 Å². The Labute approximate surface area is 105 Å². The van der Waals surface area contributed by atoms with Gasteiger partial charge >= 0.3 is 0 Å². The van der Waals surface area contributed by atoms with Crippen LogP contribution in [0.1, 0.15) is 13.3 Å². The van der Waals surface area contributed by atoms with E-state index in [1.165, 1.54) is 6.07 Å². The maximum atomic E-state index is 13.1. The summed E-state index contributed by atoms with van der Waals surface area (Å²) in [7, 11) is 1.62. The monoisotopic (exact) mass is 257 g/mol. The van der Waals surface area contributed by atoms with Gasteiger partial charge in [0.05, 0.1) is 12.1 Å². The summed E-state index contributed by atoms with van der Waals surface area (Å²) in [5, 5.41) is 3.12. The summed E-state index contributed by atoms with van der Waals surface area (Å²) < 4.78 is 36.7. The second-order valence-corrected chi connectivity index (χ2v) is 4.31. The van der Waals surface area contributed by atoms with Crippen molar-refractivity contribution in [2.75, 3.05) is 19.0 Å². The van der Waals surface area contributed by atoms with Gasteiger partial charge < -0.3 is 14.8 Å². The number of halogens is 2. The molecule has 1 aliphatic rings. The summed E-state index contributed by atoms with van der Waals surface area (Å²) in [6.45, 7) is 2.57. The molecule has 0 spiro atoms. The molecular formula is C13H17F2NO2. The zero-order valence-corrected chi connectivity index (χ0v) is 10.5. The third-order valence-corrected chi connectivity index (χ3v) is 3.17. The Hall–Kier alpha value is -1.20.